The van der Waals surface area contributed by atoms with Crippen LogP contribution in [0.5, 0.6) is 5.75 Å². The molecule has 2 rings (SSSR count). The minimum absolute atomic E-state index is 0.112. The van der Waals surface area contributed by atoms with E-state index in [-0.39, 0.29) is 11.7 Å². The van der Waals surface area contributed by atoms with Gasteiger partial charge in [-0.2, -0.15) is 0 Å². The lowest BCUT2D eigenvalue weighted by atomic mass is 10.0. The number of benzene rings is 1. The lowest BCUT2D eigenvalue weighted by Gasteiger charge is -2.15. The largest absolute Gasteiger partial charge is 0.497 e. The van der Waals surface area contributed by atoms with E-state index in [9.17, 15) is 4.79 Å². The van der Waals surface area contributed by atoms with Crippen LogP contribution in [-0.4, -0.2) is 24.1 Å². The Kier molecular flexibility index (Phi) is 5.37. The minimum Gasteiger partial charge on any atom is -0.497 e. The van der Waals surface area contributed by atoms with Crippen molar-refractivity contribution in [3.63, 3.8) is 0 Å². The number of nitrogens with two attached hydrogens (primary N) is 1. The van der Waals surface area contributed by atoms with Crippen molar-refractivity contribution in [2.75, 3.05) is 12.4 Å². The first-order valence-electron chi connectivity index (χ1n) is 6.58. The molecule has 22 heavy (non-hydrogen) atoms. The predicted molar refractivity (Wildman–Crippen MR) is 86.5 cm³/mol. The van der Waals surface area contributed by atoms with Gasteiger partial charge in [-0.1, -0.05) is 11.2 Å². The highest BCUT2D eigenvalue weighted by molar-refractivity contribution is 7.09. The molecule has 0 saturated carbocycles. The van der Waals surface area contributed by atoms with Crippen LogP contribution >= 0.6 is 11.3 Å². The number of oxime groups is 1. The molecule has 1 heterocycles. The molecular formula is C15H17N3O3S. The number of rotatable bonds is 6. The summed E-state index contributed by atoms with van der Waals surface area (Å²) in [6.45, 7) is 0. The fourth-order valence-corrected chi connectivity index (χ4v) is 2.69. The Morgan fingerprint density at radius 3 is 2.68 bits per heavy atom. The number of carbonyl (C=O) groups is 1. The van der Waals surface area contributed by atoms with Crippen LogP contribution in [-0.2, 0) is 11.2 Å². The zero-order valence-corrected chi connectivity index (χ0v) is 12.8. The Labute approximate surface area is 132 Å². The Hall–Kier alpha value is -2.54. The number of thiophene rings is 1. The summed E-state index contributed by atoms with van der Waals surface area (Å²) in [6.07, 6.45) is 0.384. The van der Waals surface area contributed by atoms with E-state index >= 15 is 0 Å². The number of ether oxygens (including phenoxy) is 1. The first kappa shape index (κ1) is 15.8. The summed E-state index contributed by atoms with van der Waals surface area (Å²) in [6, 6.07) is 10.7. The fraction of sp³-hybridized carbons (Fsp3) is 0.200. The van der Waals surface area contributed by atoms with E-state index in [0.717, 1.165) is 4.88 Å². The first-order chi connectivity index (χ1) is 10.6. The molecule has 1 aromatic heterocycles. The first-order valence-corrected chi connectivity index (χ1v) is 7.46. The molecule has 0 radical (unpaired) electrons. The molecule has 2 aromatic rings. The van der Waals surface area contributed by atoms with Crippen molar-refractivity contribution in [3.8, 4) is 5.75 Å². The average molecular weight is 319 g/mol. The molecular weight excluding hydrogens is 302 g/mol. The van der Waals surface area contributed by atoms with E-state index in [1.54, 1.807) is 31.4 Å². The molecule has 0 spiro atoms. The molecule has 1 aromatic carbocycles. The molecule has 0 aliphatic carbocycles. The number of hydrogen-bond donors (Lipinski definition) is 3. The number of amides is 1. The van der Waals surface area contributed by atoms with Gasteiger partial charge in [0.05, 0.1) is 7.11 Å². The van der Waals surface area contributed by atoms with Gasteiger partial charge in [-0.15, -0.1) is 11.3 Å². The Bertz CT molecular complexity index is 639. The van der Waals surface area contributed by atoms with Crippen molar-refractivity contribution < 1.29 is 14.7 Å². The van der Waals surface area contributed by atoms with Crippen molar-refractivity contribution in [3.05, 3.63) is 46.7 Å². The Morgan fingerprint density at radius 1 is 1.41 bits per heavy atom. The molecule has 1 amide bonds. The molecule has 0 saturated heterocycles. The van der Waals surface area contributed by atoms with Gasteiger partial charge < -0.3 is 21.0 Å². The highest BCUT2D eigenvalue weighted by atomic mass is 32.1. The van der Waals surface area contributed by atoms with Gasteiger partial charge in [-0.05, 0) is 35.7 Å². The van der Waals surface area contributed by atoms with Crippen molar-refractivity contribution in [1.82, 2.24) is 0 Å². The van der Waals surface area contributed by atoms with E-state index in [4.69, 9.17) is 15.7 Å². The van der Waals surface area contributed by atoms with Crippen LogP contribution in [0.1, 0.15) is 4.88 Å². The second-order valence-corrected chi connectivity index (χ2v) is 5.61. The maximum Gasteiger partial charge on any atom is 0.235 e. The van der Waals surface area contributed by atoms with Crippen LogP contribution in [0.4, 0.5) is 5.69 Å². The summed E-state index contributed by atoms with van der Waals surface area (Å²) in [5, 5.41) is 16.5. The van der Waals surface area contributed by atoms with Gasteiger partial charge in [0.2, 0.25) is 5.91 Å². The third-order valence-electron chi connectivity index (χ3n) is 3.13. The van der Waals surface area contributed by atoms with Crippen LogP contribution in [0.15, 0.2) is 46.9 Å². The van der Waals surface area contributed by atoms with Crippen LogP contribution in [0.25, 0.3) is 0 Å². The number of amidine groups is 1. The van der Waals surface area contributed by atoms with E-state index < -0.39 is 5.92 Å². The summed E-state index contributed by atoms with van der Waals surface area (Å²) in [7, 11) is 1.57. The molecule has 116 valence electrons. The Morgan fingerprint density at radius 2 is 2.14 bits per heavy atom. The normalized spacial score (nSPS) is 12.7. The molecule has 6 nitrogen and oxygen atoms in total. The monoisotopic (exact) mass is 319 g/mol. The zero-order chi connectivity index (χ0) is 15.9. The third-order valence-corrected chi connectivity index (χ3v) is 4.03. The van der Waals surface area contributed by atoms with Crippen molar-refractivity contribution in [1.29, 1.82) is 0 Å². The van der Waals surface area contributed by atoms with Crippen molar-refractivity contribution in [2.24, 2.45) is 16.8 Å². The van der Waals surface area contributed by atoms with Crippen LogP contribution in [0.2, 0.25) is 0 Å². The van der Waals surface area contributed by atoms with Crippen LogP contribution < -0.4 is 15.8 Å². The summed E-state index contributed by atoms with van der Waals surface area (Å²) >= 11 is 1.52. The maximum absolute atomic E-state index is 12.4. The highest BCUT2D eigenvalue weighted by Gasteiger charge is 2.24. The molecule has 0 bridgehead atoms. The summed E-state index contributed by atoms with van der Waals surface area (Å²) in [5.74, 6) is -0.469. The molecule has 0 aliphatic heterocycles. The van der Waals surface area contributed by atoms with E-state index in [2.05, 4.69) is 10.5 Å². The highest BCUT2D eigenvalue weighted by Crippen LogP contribution is 2.19. The van der Waals surface area contributed by atoms with E-state index in [1.165, 1.54) is 11.3 Å². The van der Waals surface area contributed by atoms with Crippen molar-refractivity contribution >= 4 is 28.8 Å². The fourth-order valence-electron chi connectivity index (χ4n) is 1.93. The maximum atomic E-state index is 12.4. The summed E-state index contributed by atoms with van der Waals surface area (Å²) in [5.41, 5.74) is 6.28. The Balaban J connectivity index is 2.10. The number of carbonyl (C=O) groups excluding carboxylic acids is 1. The van der Waals surface area contributed by atoms with Crippen molar-refractivity contribution in [2.45, 2.75) is 6.42 Å². The lowest BCUT2D eigenvalue weighted by molar-refractivity contribution is -0.118. The van der Waals surface area contributed by atoms with Gasteiger partial charge in [0.15, 0.2) is 5.84 Å². The molecule has 0 aliphatic rings. The smallest absolute Gasteiger partial charge is 0.235 e. The summed E-state index contributed by atoms with van der Waals surface area (Å²) in [4.78, 5) is 13.4. The second kappa shape index (κ2) is 7.46. The third kappa shape index (κ3) is 3.98. The van der Waals surface area contributed by atoms with Gasteiger partial charge in [0, 0.05) is 17.0 Å². The number of hydrogen-bond acceptors (Lipinski definition) is 5. The number of nitrogens with zero attached hydrogens (tertiary/aromatic N) is 1. The summed E-state index contributed by atoms with van der Waals surface area (Å²) < 4.78 is 5.06. The quantitative estimate of drug-likeness (QED) is 0.329. The topological polar surface area (TPSA) is 96.9 Å². The van der Waals surface area contributed by atoms with Gasteiger partial charge in [0.1, 0.15) is 11.7 Å². The molecule has 7 heteroatoms. The number of anilines is 1. The van der Waals surface area contributed by atoms with Gasteiger partial charge in [-0.3, -0.25) is 4.79 Å². The average Bonchev–Trinajstić information content (AvgIpc) is 3.05. The second-order valence-electron chi connectivity index (χ2n) is 4.58. The molecule has 0 unspecified atom stereocenters. The molecule has 4 N–H and O–H groups in total. The zero-order valence-electron chi connectivity index (χ0n) is 12.0. The number of nitrogens with one attached hydrogen (secondary N) is 1. The van der Waals surface area contributed by atoms with E-state index in [0.29, 0.717) is 17.9 Å². The molecule has 0 fully saturated rings. The lowest BCUT2D eigenvalue weighted by Crippen LogP contribution is -2.36. The standard InChI is InChI=1S/C15H17N3O3S/c1-21-11-6-4-10(5-7-11)17-15(19)13(14(16)18-20)9-12-3-2-8-22-12/h2-8,13,20H,9H2,1H3,(H2,16,18)(H,17,19)/t13-/m1/s1. The minimum atomic E-state index is -0.731. The number of methoxy groups -OCH3 is 1. The van der Waals surface area contributed by atoms with Crippen LogP contribution in [0, 0.1) is 5.92 Å². The predicted octanol–water partition coefficient (Wildman–Crippen LogP) is 2.30. The van der Waals surface area contributed by atoms with E-state index in [1.807, 2.05) is 17.5 Å². The van der Waals surface area contributed by atoms with Gasteiger partial charge >= 0.3 is 0 Å². The van der Waals surface area contributed by atoms with Gasteiger partial charge in [0.25, 0.3) is 0 Å². The SMILES string of the molecule is COc1ccc(NC(=O)[C@H](Cc2cccs2)/C(N)=N\O)cc1. The van der Waals surface area contributed by atoms with Gasteiger partial charge in [-0.25, -0.2) is 0 Å². The molecule has 1 atom stereocenters. The van der Waals surface area contributed by atoms with Crippen LogP contribution in [0.3, 0.4) is 0 Å².